The highest BCUT2D eigenvalue weighted by atomic mass is 16.5. The average molecular weight is 344 g/mol. The van der Waals surface area contributed by atoms with Crippen LogP contribution in [0, 0.1) is 0 Å². The topological polar surface area (TPSA) is 96.5 Å². The summed E-state index contributed by atoms with van der Waals surface area (Å²) in [7, 11) is 1.56. The summed E-state index contributed by atoms with van der Waals surface area (Å²) in [6.45, 7) is 2.80. The second-order valence-electron chi connectivity index (χ2n) is 5.53. The molecule has 1 atom stereocenters. The molecule has 1 fully saturated rings. The Morgan fingerprint density at radius 2 is 2.24 bits per heavy atom. The van der Waals surface area contributed by atoms with E-state index in [1.165, 1.54) is 6.07 Å². The molecule has 1 saturated heterocycles. The van der Waals surface area contributed by atoms with Crippen LogP contribution in [0.5, 0.6) is 11.6 Å². The number of hydrogen-bond acceptors (Lipinski definition) is 5. The van der Waals surface area contributed by atoms with Gasteiger partial charge < -0.3 is 19.7 Å². The summed E-state index contributed by atoms with van der Waals surface area (Å²) < 4.78 is 10.5. The van der Waals surface area contributed by atoms with Gasteiger partial charge in [-0.2, -0.15) is 0 Å². The molecule has 8 nitrogen and oxygen atoms in total. The third kappa shape index (κ3) is 3.42. The van der Waals surface area contributed by atoms with Crippen molar-refractivity contribution in [1.82, 2.24) is 15.5 Å². The molecule has 0 aliphatic carbocycles. The zero-order valence-corrected chi connectivity index (χ0v) is 14.1. The Labute approximate surface area is 145 Å². The molecule has 132 valence electrons. The van der Waals surface area contributed by atoms with E-state index in [9.17, 15) is 9.59 Å². The molecule has 8 heteroatoms. The van der Waals surface area contributed by atoms with Crippen molar-refractivity contribution in [2.24, 2.45) is 0 Å². The number of para-hydroxylation sites is 2. The van der Waals surface area contributed by atoms with Crippen LogP contribution in [0.2, 0.25) is 0 Å². The molecule has 1 aliphatic heterocycles. The van der Waals surface area contributed by atoms with Gasteiger partial charge in [0.1, 0.15) is 17.5 Å². The van der Waals surface area contributed by atoms with Gasteiger partial charge in [0.25, 0.3) is 5.91 Å². The van der Waals surface area contributed by atoms with Crippen LogP contribution >= 0.6 is 0 Å². The first kappa shape index (κ1) is 16.8. The number of carbonyl (C=O) groups is 2. The SMILES string of the molecule is CCOc1cc(C(=O)NC2CCN(c3ccccc3OC)C2=O)[nH]n1. The predicted molar refractivity (Wildman–Crippen MR) is 91.0 cm³/mol. The Morgan fingerprint density at radius 1 is 1.44 bits per heavy atom. The number of carbonyl (C=O) groups excluding carboxylic acids is 2. The number of H-pyrrole nitrogens is 1. The molecule has 1 aromatic heterocycles. The van der Waals surface area contributed by atoms with Crippen LogP contribution in [0.1, 0.15) is 23.8 Å². The van der Waals surface area contributed by atoms with E-state index in [0.717, 1.165) is 0 Å². The molecular formula is C17H20N4O4. The summed E-state index contributed by atoms with van der Waals surface area (Å²) in [6, 6.07) is 8.23. The second kappa shape index (κ2) is 7.25. The molecule has 1 aliphatic rings. The zero-order chi connectivity index (χ0) is 17.8. The Balaban J connectivity index is 1.68. The first-order chi connectivity index (χ1) is 12.1. The fraction of sp³-hybridized carbons (Fsp3) is 0.353. The van der Waals surface area contributed by atoms with Gasteiger partial charge in [-0.3, -0.25) is 14.7 Å². The van der Waals surface area contributed by atoms with Crippen LogP contribution in [-0.2, 0) is 4.79 Å². The fourth-order valence-electron chi connectivity index (χ4n) is 2.78. The number of amides is 2. The van der Waals surface area contributed by atoms with E-state index in [0.29, 0.717) is 36.9 Å². The van der Waals surface area contributed by atoms with Crippen LogP contribution < -0.4 is 19.7 Å². The van der Waals surface area contributed by atoms with Crippen molar-refractivity contribution in [1.29, 1.82) is 0 Å². The third-order valence-corrected chi connectivity index (χ3v) is 3.98. The van der Waals surface area contributed by atoms with E-state index in [1.54, 1.807) is 18.1 Å². The minimum absolute atomic E-state index is 0.164. The van der Waals surface area contributed by atoms with Gasteiger partial charge in [0.05, 0.1) is 19.4 Å². The van der Waals surface area contributed by atoms with Crippen molar-refractivity contribution in [3.05, 3.63) is 36.0 Å². The third-order valence-electron chi connectivity index (χ3n) is 3.98. The second-order valence-corrected chi connectivity index (χ2v) is 5.53. The summed E-state index contributed by atoms with van der Waals surface area (Å²) >= 11 is 0. The lowest BCUT2D eigenvalue weighted by Gasteiger charge is -2.19. The van der Waals surface area contributed by atoms with Gasteiger partial charge >= 0.3 is 0 Å². The molecule has 0 spiro atoms. The van der Waals surface area contributed by atoms with Crippen LogP contribution in [0.25, 0.3) is 0 Å². The molecular weight excluding hydrogens is 324 g/mol. The smallest absolute Gasteiger partial charge is 0.270 e. The minimum Gasteiger partial charge on any atom is -0.495 e. The Kier molecular flexibility index (Phi) is 4.87. The number of aromatic nitrogens is 2. The number of nitrogens with zero attached hydrogens (tertiary/aromatic N) is 2. The summed E-state index contributed by atoms with van der Waals surface area (Å²) in [5.41, 5.74) is 0.957. The molecule has 2 amide bonds. The summed E-state index contributed by atoms with van der Waals surface area (Å²) in [6.07, 6.45) is 0.523. The molecule has 2 heterocycles. The minimum atomic E-state index is -0.587. The number of hydrogen-bond donors (Lipinski definition) is 2. The van der Waals surface area contributed by atoms with E-state index in [1.807, 2.05) is 25.1 Å². The molecule has 2 N–H and O–H groups in total. The normalized spacial score (nSPS) is 16.8. The van der Waals surface area contributed by atoms with Crippen molar-refractivity contribution < 1.29 is 19.1 Å². The number of methoxy groups -OCH3 is 1. The van der Waals surface area contributed by atoms with Crippen molar-refractivity contribution in [2.45, 2.75) is 19.4 Å². The number of anilines is 1. The number of aromatic amines is 1. The maximum Gasteiger partial charge on any atom is 0.270 e. The van der Waals surface area contributed by atoms with Gasteiger partial charge in [-0.25, -0.2) is 0 Å². The first-order valence-corrected chi connectivity index (χ1v) is 8.07. The van der Waals surface area contributed by atoms with Gasteiger partial charge in [-0.05, 0) is 25.5 Å². The number of rotatable bonds is 6. The van der Waals surface area contributed by atoms with Gasteiger partial charge in [0.15, 0.2) is 0 Å². The highest BCUT2D eigenvalue weighted by molar-refractivity contribution is 6.04. The summed E-state index contributed by atoms with van der Waals surface area (Å²) in [4.78, 5) is 26.6. The number of benzene rings is 1. The number of ether oxygens (including phenoxy) is 2. The van der Waals surface area contributed by atoms with Crippen LogP contribution in [0.15, 0.2) is 30.3 Å². The first-order valence-electron chi connectivity index (χ1n) is 8.07. The molecule has 0 saturated carbocycles. The summed E-state index contributed by atoms with van der Waals surface area (Å²) in [5.74, 6) is 0.417. The van der Waals surface area contributed by atoms with Gasteiger partial charge in [-0.15, -0.1) is 5.10 Å². The lowest BCUT2D eigenvalue weighted by atomic mass is 10.2. The molecule has 1 aromatic carbocycles. The monoisotopic (exact) mass is 344 g/mol. The molecule has 2 aromatic rings. The van der Waals surface area contributed by atoms with Crippen molar-refractivity contribution in [3.63, 3.8) is 0 Å². The lowest BCUT2D eigenvalue weighted by Crippen LogP contribution is -2.41. The highest BCUT2D eigenvalue weighted by Gasteiger charge is 2.35. The fourth-order valence-corrected chi connectivity index (χ4v) is 2.78. The Bertz CT molecular complexity index is 774. The predicted octanol–water partition coefficient (Wildman–Crippen LogP) is 1.35. The summed E-state index contributed by atoms with van der Waals surface area (Å²) in [5, 5.41) is 9.23. The van der Waals surface area contributed by atoms with E-state index < -0.39 is 11.9 Å². The molecule has 0 radical (unpaired) electrons. The van der Waals surface area contributed by atoms with Crippen molar-refractivity contribution in [3.8, 4) is 11.6 Å². The van der Waals surface area contributed by atoms with E-state index in [-0.39, 0.29) is 11.6 Å². The zero-order valence-electron chi connectivity index (χ0n) is 14.1. The largest absolute Gasteiger partial charge is 0.495 e. The molecule has 3 rings (SSSR count). The molecule has 0 bridgehead atoms. The number of nitrogens with one attached hydrogen (secondary N) is 2. The Hall–Kier alpha value is -3.03. The highest BCUT2D eigenvalue weighted by Crippen LogP contribution is 2.31. The van der Waals surface area contributed by atoms with E-state index in [2.05, 4.69) is 15.5 Å². The van der Waals surface area contributed by atoms with Gasteiger partial charge in [0, 0.05) is 12.6 Å². The quantitative estimate of drug-likeness (QED) is 0.825. The Morgan fingerprint density at radius 3 is 3.00 bits per heavy atom. The van der Waals surface area contributed by atoms with Crippen LogP contribution in [0.4, 0.5) is 5.69 Å². The maximum atomic E-state index is 12.7. The maximum absolute atomic E-state index is 12.7. The van der Waals surface area contributed by atoms with E-state index in [4.69, 9.17) is 9.47 Å². The van der Waals surface area contributed by atoms with Crippen LogP contribution in [0.3, 0.4) is 0 Å². The van der Waals surface area contributed by atoms with Crippen molar-refractivity contribution in [2.75, 3.05) is 25.2 Å². The molecule has 1 unspecified atom stereocenters. The lowest BCUT2D eigenvalue weighted by molar-refractivity contribution is -0.118. The van der Waals surface area contributed by atoms with E-state index >= 15 is 0 Å². The standard InChI is InChI=1S/C17H20N4O4/c1-3-25-15-10-12(19-20-15)16(22)18-11-8-9-21(17(11)23)13-6-4-5-7-14(13)24-2/h4-7,10-11H,3,8-9H2,1-2H3,(H,18,22)(H,19,20). The molecule has 25 heavy (non-hydrogen) atoms. The van der Waals surface area contributed by atoms with Crippen molar-refractivity contribution >= 4 is 17.5 Å². The average Bonchev–Trinajstić information content (AvgIpc) is 3.23. The van der Waals surface area contributed by atoms with Crippen LogP contribution in [-0.4, -0.2) is 48.3 Å². The van der Waals surface area contributed by atoms with Gasteiger partial charge in [-0.1, -0.05) is 12.1 Å². The van der Waals surface area contributed by atoms with Gasteiger partial charge in [0.2, 0.25) is 11.8 Å².